The van der Waals surface area contributed by atoms with Crippen LogP contribution in [0.5, 0.6) is 0 Å². The summed E-state index contributed by atoms with van der Waals surface area (Å²) in [5.74, 6) is -0.148. The van der Waals surface area contributed by atoms with Crippen molar-refractivity contribution in [1.82, 2.24) is 29.8 Å². The second-order valence-corrected chi connectivity index (χ2v) is 7.82. The van der Waals surface area contributed by atoms with Crippen molar-refractivity contribution in [1.29, 1.82) is 0 Å². The lowest BCUT2D eigenvalue weighted by Crippen LogP contribution is -2.17. The van der Waals surface area contributed by atoms with Gasteiger partial charge < -0.3 is 9.88 Å². The number of hydrogen-bond acceptors (Lipinski definition) is 6. The predicted molar refractivity (Wildman–Crippen MR) is 122 cm³/mol. The molecule has 0 radical (unpaired) electrons. The van der Waals surface area contributed by atoms with E-state index < -0.39 is 0 Å². The average Bonchev–Trinajstić information content (AvgIpc) is 3.44. The first kappa shape index (κ1) is 22.4. The van der Waals surface area contributed by atoms with Gasteiger partial charge in [-0.05, 0) is 25.0 Å². The Hall–Kier alpha value is -3.79. The zero-order chi connectivity index (χ0) is 23.0. The number of rotatable bonds is 11. The molecule has 4 rings (SSSR count). The molecule has 0 aliphatic rings. The number of amides is 1. The topological polar surface area (TPSA) is 110 Å². The van der Waals surface area contributed by atoms with Crippen LogP contribution in [0.3, 0.4) is 0 Å². The van der Waals surface area contributed by atoms with Gasteiger partial charge >= 0.3 is 0 Å². The minimum absolute atomic E-state index is 0.241. The van der Waals surface area contributed by atoms with Gasteiger partial charge in [0.15, 0.2) is 0 Å². The molecule has 0 aliphatic heterocycles. The lowest BCUT2D eigenvalue weighted by molar-refractivity contribution is -0.129. The summed E-state index contributed by atoms with van der Waals surface area (Å²) >= 11 is 0. The molecule has 0 atom stereocenters. The summed E-state index contributed by atoms with van der Waals surface area (Å²) < 4.78 is 17.8. The second-order valence-electron chi connectivity index (χ2n) is 7.82. The van der Waals surface area contributed by atoms with Gasteiger partial charge in [-0.3, -0.25) is 14.7 Å². The maximum absolute atomic E-state index is 14.1. The highest BCUT2D eigenvalue weighted by Crippen LogP contribution is 2.19. The number of unbranched alkanes of at least 4 members (excludes halogenated alkanes) is 3. The summed E-state index contributed by atoms with van der Waals surface area (Å²) in [5.41, 5.74) is 3.74. The van der Waals surface area contributed by atoms with Gasteiger partial charge in [0.2, 0.25) is 11.9 Å². The van der Waals surface area contributed by atoms with E-state index in [1.807, 2.05) is 33.8 Å². The highest BCUT2D eigenvalue weighted by atomic mass is 19.1. The number of hydrogen-bond donors (Lipinski definition) is 3. The molecule has 9 nitrogen and oxygen atoms in total. The monoisotopic (exact) mass is 451 g/mol. The Morgan fingerprint density at radius 1 is 1.09 bits per heavy atom. The summed E-state index contributed by atoms with van der Waals surface area (Å²) in [5, 5.41) is 16.9. The summed E-state index contributed by atoms with van der Waals surface area (Å²) in [4.78, 5) is 20.0. The van der Waals surface area contributed by atoms with E-state index in [1.54, 1.807) is 30.0 Å². The van der Waals surface area contributed by atoms with E-state index in [0.29, 0.717) is 24.5 Å². The van der Waals surface area contributed by atoms with Crippen molar-refractivity contribution < 1.29 is 14.4 Å². The van der Waals surface area contributed by atoms with Gasteiger partial charge in [0.25, 0.3) is 0 Å². The minimum atomic E-state index is -0.349. The Labute approximate surface area is 190 Å². The zero-order valence-electron chi connectivity index (χ0n) is 18.1. The number of anilines is 2. The van der Waals surface area contributed by atoms with Gasteiger partial charge in [-0.15, -0.1) is 0 Å². The fourth-order valence-corrected chi connectivity index (χ4v) is 3.62. The van der Waals surface area contributed by atoms with Crippen LogP contribution in [0.1, 0.15) is 37.7 Å². The number of aromatic nitrogens is 5. The molecule has 10 heteroatoms. The SMILES string of the molecule is O=C(CCCCCCn1cc(Nc2ncc3ccn(Cc4ccccc4F)c3n2)cn1)NO. The number of halogens is 1. The number of carbonyl (C=O) groups excluding carboxylic acids is 1. The third-order valence-electron chi connectivity index (χ3n) is 5.36. The highest BCUT2D eigenvalue weighted by Gasteiger charge is 2.09. The van der Waals surface area contributed by atoms with Crippen LogP contribution in [-0.4, -0.2) is 35.4 Å². The number of aryl methyl sites for hydroxylation is 1. The van der Waals surface area contributed by atoms with Crippen molar-refractivity contribution in [2.24, 2.45) is 0 Å². The molecule has 4 aromatic rings. The van der Waals surface area contributed by atoms with Crippen LogP contribution in [0.25, 0.3) is 11.0 Å². The minimum Gasteiger partial charge on any atom is -0.328 e. The molecular formula is C23H26FN7O2. The van der Waals surface area contributed by atoms with E-state index in [9.17, 15) is 9.18 Å². The Morgan fingerprint density at radius 2 is 1.94 bits per heavy atom. The van der Waals surface area contributed by atoms with Gasteiger partial charge in [0.05, 0.1) is 18.4 Å². The Bertz CT molecular complexity index is 1220. The lowest BCUT2D eigenvalue weighted by atomic mass is 10.1. The molecule has 0 unspecified atom stereocenters. The van der Waals surface area contributed by atoms with Crippen LogP contribution in [-0.2, 0) is 17.9 Å². The molecule has 1 aromatic carbocycles. The Morgan fingerprint density at radius 3 is 2.79 bits per heavy atom. The zero-order valence-corrected chi connectivity index (χ0v) is 18.1. The quantitative estimate of drug-likeness (QED) is 0.181. The summed E-state index contributed by atoms with van der Waals surface area (Å²) in [6.07, 6.45) is 11.1. The van der Waals surface area contributed by atoms with Crippen LogP contribution >= 0.6 is 0 Å². The molecular weight excluding hydrogens is 425 g/mol. The van der Waals surface area contributed by atoms with Gasteiger partial charge in [-0.25, -0.2) is 14.9 Å². The normalized spacial score (nSPS) is 11.1. The Kier molecular flexibility index (Phi) is 7.26. The van der Waals surface area contributed by atoms with E-state index >= 15 is 0 Å². The van der Waals surface area contributed by atoms with Gasteiger partial charge in [-0.1, -0.05) is 31.0 Å². The summed E-state index contributed by atoms with van der Waals surface area (Å²) in [6.45, 7) is 1.15. The first-order valence-corrected chi connectivity index (χ1v) is 10.9. The van der Waals surface area contributed by atoms with E-state index in [2.05, 4.69) is 20.4 Å². The molecule has 3 aromatic heterocycles. The van der Waals surface area contributed by atoms with E-state index in [0.717, 1.165) is 48.9 Å². The van der Waals surface area contributed by atoms with Crippen molar-refractivity contribution in [2.45, 2.75) is 45.2 Å². The molecule has 33 heavy (non-hydrogen) atoms. The molecule has 3 N–H and O–H groups in total. The van der Waals surface area contributed by atoms with Crippen molar-refractivity contribution >= 4 is 28.6 Å². The number of nitrogens with one attached hydrogen (secondary N) is 2. The van der Waals surface area contributed by atoms with Gasteiger partial charge in [0, 0.05) is 42.5 Å². The van der Waals surface area contributed by atoms with E-state index in [-0.39, 0.29) is 11.7 Å². The number of fused-ring (bicyclic) bond motifs is 1. The average molecular weight is 452 g/mol. The third kappa shape index (κ3) is 5.92. The third-order valence-corrected chi connectivity index (χ3v) is 5.36. The molecule has 0 saturated heterocycles. The molecule has 1 amide bonds. The smallest absolute Gasteiger partial charge is 0.243 e. The number of nitrogens with zero attached hydrogens (tertiary/aromatic N) is 5. The molecule has 0 fully saturated rings. The maximum Gasteiger partial charge on any atom is 0.243 e. The molecule has 172 valence electrons. The molecule has 0 bridgehead atoms. The maximum atomic E-state index is 14.1. The van der Waals surface area contributed by atoms with E-state index in [1.165, 1.54) is 6.07 Å². The van der Waals surface area contributed by atoms with Crippen LogP contribution < -0.4 is 10.8 Å². The highest BCUT2D eigenvalue weighted by molar-refractivity contribution is 5.77. The fourth-order valence-electron chi connectivity index (χ4n) is 3.62. The van der Waals surface area contributed by atoms with Gasteiger partial charge in [0.1, 0.15) is 11.5 Å². The van der Waals surface area contributed by atoms with E-state index in [4.69, 9.17) is 5.21 Å². The predicted octanol–water partition coefficient (Wildman–Crippen LogP) is 4.01. The molecule has 0 aliphatic carbocycles. The Balaban J connectivity index is 1.33. The number of hydroxylamine groups is 1. The first-order chi connectivity index (χ1) is 16.1. The molecule has 3 heterocycles. The van der Waals surface area contributed by atoms with Crippen LogP contribution in [0.2, 0.25) is 0 Å². The first-order valence-electron chi connectivity index (χ1n) is 10.9. The summed E-state index contributed by atoms with van der Waals surface area (Å²) in [6, 6.07) is 8.63. The van der Waals surface area contributed by atoms with Crippen molar-refractivity contribution in [3.63, 3.8) is 0 Å². The lowest BCUT2D eigenvalue weighted by Gasteiger charge is -2.07. The molecule has 0 saturated carbocycles. The standard InChI is InChI=1S/C23H26FN7O2/c24-20-8-5-4-7-18(20)15-30-12-10-17-13-25-23(28-22(17)30)27-19-14-26-31(16-19)11-6-2-1-3-9-21(32)29-33/h4-5,7-8,10,12-14,16,33H,1-3,6,9,11,15H2,(H,29,32)(H,25,27,28). The van der Waals surface area contributed by atoms with Crippen molar-refractivity contribution in [3.8, 4) is 0 Å². The van der Waals surface area contributed by atoms with Gasteiger partial charge in [-0.2, -0.15) is 10.1 Å². The molecule has 0 spiro atoms. The second kappa shape index (κ2) is 10.7. The van der Waals surface area contributed by atoms with Crippen LogP contribution in [0.15, 0.2) is 55.1 Å². The summed E-state index contributed by atoms with van der Waals surface area (Å²) in [7, 11) is 0. The van der Waals surface area contributed by atoms with Crippen molar-refractivity contribution in [2.75, 3.05) is 5.32 Å². The number of carbonyl (C=O) groups is 1. The van der Waals surface area contributed by atoms with Crippen molar-refractivity contribution in [3.05, 3.63) is 66.5 Å². The fraction of sp³-hybridized carbons (Fsp3) is 0.304. The number of benzene rings is 1. The van der Waals surface area contributed by atoms with Crippen LogP contribution in [0, 0.1) is 5.82 Å². The van der Waals surface area contributed by atoms with Crippen LogP contribution in [0.4, 0.5) is 16.0 Å². The largest absolute Gasteiger partial charge is 0.328 e.